The Morgan fingerprint density at radius 3 is 2.47 bits per heavy atom. The van der Waals surface area contributed by atoms with Crippen LogP contribution in [0.25, 0.3) is 0 Å². The van der Waals surface area contributed by atoms with Crippen LogP contribution in [0.5, 0.6) is 0 Å². The fourth-order valence-corrected chi connectivity index (χ4v) is 1.32. The summed E-state index contributed by atoms with van der Waals surface area (Å²) >= 11 is 0. The van der Waals surface area contributed by atoms with Gasteiger partial charge in [0.25, 0.3) is 0 Å². The van der Waals surface area contributed by atoms with Crippen LogP contribution < -0.4 is 0 Å². The van der Waals surface area contributed by atoms with Gasteiger partial charge in [0.15, 0.2) is 0 Å². The van der Waals surface area contributed by atoms with Crippen LogP contribution in [0, 0.1) is 11.6 Å². The smallest absolute Gasteiger partial charge is 0.308 e. The van der Waals surface area contributed by atoms with Gasteiger partial charge < -0.3 is 9.84 Å². The molecule has 0 aromatic heterocycles. The second-order valence-electron chi connectivity index (χ2n) is 3.64. The van der Waals surface area contributed by atoms with E-state index in [-0.39, 0.29) is 18.6 Å². The lowest BCUT2D eigenvalue weighted by Crippen LogP contribution is -2.11. The van der Waals surface area contributed by atoms with Gasteiger partial charge in [0.2, 0.25) is 0 Å². The number of rotatable bonds is 5. The lowest BCUT2D eigenvalue weighted by atomic mass is 10.1. The maximum Gasteiger partial charge on any atom is 0.308 e. The molecule has 1 unspecified atom stereocenters. The van der Waals surface area contributed by atoms with E-state index in [1.807, 2.05) is 6.92 Å². The van der Waals surface area contributed by atoms with Gasteiger partial charge in [-0.05, 0) is 24.1 Å². The molecule has 1 atom stereocenters. The Labute approximate surface area is 98.0 Å². The molecule has 0 saturated carbocycles. The van der Waals surface area contributed by atoms with Crippen molar-refractivity contribution in [3.63, 3.8) is 0 Å². The fourth-order valence-electron chi connectivity index (χ4n) is 1.32. The topological polar surface area (TPSA) is 46.5 Å². The predicted octanol–water partition coefficient (Wildman–Crippen LogP) is 2.34. The monoisotopic (exact) mass is 244 g/mol. The van der Waals surface area contributed by atoms with Gasteiger partial charge in [0.05, 0.1) is 19.1 Å². The van der Waals surface area contributed by atoms with Crippen molar-refractivity contribution in [2.45, 2.75) is 25.9 Å². The molecule has 0 amide bonds. The SMILES string of the molecule is CCCOC(=O)CC(O)c1cc(F)cc(F)c1. The Kier molecular flexibility index (Phi) is 5.03. The molecule has 1 aromatic rings. The highest BCUT2D eigenvalue weighted by atomic mass is 19.1. The van der Waals surface area contributed by atoms with Gasteiger partial charge in [-0.2, -0.15) is 0 Å². The molecule has 0 fully saturated rings. The zero-order valence-corrected chi connectivity index (χ0v) is 9.45. The number of carbonyl (C=O) groups excluding carboxylic acids is 1. The van der Waals surface area contributed by atoms with Crippen LogP contribution in [-0.2, 0) is 9.53 Å². The molecule has 17 heavy (non-hydrogen) atoms. The number of aliphatic hydroxyl groups is 1. The Balaban J connectivity index is 2.63. The Bertz CT molecular complexity index is 373. The van der Waals surface area contributed by atoms with Gasteiger partial charge in [-0.3, -0.25) is 4.79 Å². The van der Waals surface area contributed by atoms with E-state index in [0.717, 1.165) is 12.1 Å². The lowest BCUT2D eigenvalue weighted by Gasteiger charge is -2.10. The summed E-state index contributed by atoms with van der Waals surface area (Å²) in [5.74, 6) is -2.18. The van der Waals surface area contributed by atoms with Crippen molar-refractivity contribution in [3.05, 3.63) is 35.4 Å². The molecule has 1 N–H and O–H groups in total. The zero-order valence-electron chi connectivity index (χ0n) is 9.45. The largest absolute Gasteiger partial charge is 0.466 e. The molecule has 94 valence electrons. The second-order valence-corrected chi connectivity index (χ2v) is 3.64. The number of hydrogen-bond donors (Lipinski definition) is 1. The van der Waals surface area contributed by atoms with Gasteiger partial charge in [-0.25, -0.2) is 8.78 Å². The van der Waals surface area contributed by atoms with Crippen LogP contribution in [0.4, 0.5) is 8.78 Å². The molecular formula is C12H14F2O3. The maximum absolute atomic E-state index is 12.9. The number of halogens is 2. The average molecular weight is 244 g/mol. The van der Waals surface area contributed by atoms with Crippen molar-refractivity contribution in [2.24, 2.45) is 0 Å². The summed E-state index contributed by atoms with van der Waals surface area (Å²) in [5.41, 5.74) is 0.0240. The van der Waals surface area contributed by atoms with E-state index in [4.69, 9.17) is 4.74 Å². The molecule has 0 aliphatic rings. The maximum atomic E-state index is 12.9. The summed E-state index contributed by atoms with van der Waals surface area (Å²) in [4.78, 5) is 11.2. The quantitative estimate of drug-likeness (QED) is 0.809. The van der Waals surface area contributed by atoms with Crippen LogP contribution >= 0.6 is 0 Å². The first-order valence-corrected chi connectivity index (χ1v) is 5.32. The molecule has 3 nitrogen and oxygen atoms in total. The van der Waals surface area contributed by atoms with Gasteiger partial charge in [-0.15, -0.1) is 0 Å². The number of hydrogen-bond acceptors (Lipinski definition) is 3. The number of carbonyl (C=O) groups is 1. The molecule has 0 spiro atoms. The van der Waals surface area contributed by atoms with Gasteiger partial charge in [-0.1, -0.05) is 6.92 Å². The zero-order chi connectivity index (χ0) is 12.8. The molecule has 0 radical (unpaired) electrons. The van der Waals surface area contributed by atoms with E-state index in [1.165, 1.54) is 0 Å². The van der Waals surface area contributed by atoms with Crippen LogP contribution in [0.3, 0.4) is 0 Å². The molecular weight excluding hydrogens is 230 g/mol. The predicted molar refractivity (Wildman–Crippen MR) is 57.2 cm³/mol. The highest BCUT2D eigenvalue weighted by Gasteiger charge is 2.15. The van der Waals surface area contributed by atoms with Crippen LogP contribution in [0.15, 0.2) is 18.2 Å². The molecule has 1 aromatic carbocycles. The molecule has 1 rings (SSSR count). The summed E-state index contributed by atoms with van der Waals surface area (Å²) < 4.78 is 30.5. The standard InChI is InChI=1S/C12H14F2O3/c1-2-3-17-12(16)7-11(15)8-4-9(13)6-10(14)5-8/h4-6,11,15H,2-3,7H2,1H3. The first-order valence-electron chi connectivity index (χ1n) is 5.32. The summed E-state index contributed by atoms with van der Waals surface area (Å²) in [6, 6.07) is 2.67. The minimum absolute atomic E-state index is 0.0240. The molecule has 0 saturated heterocycles. The van der Waals surface area contributed by atoms with E-state index in [0.29, 0.717) is 12.5 Å². The number of aliphatic hydroxyl groups excluding tert-OH is 1. The summed E-state index contributed by atoms with van der Waals surface area (Å²) in [6.07, 6.45) is -0.899. The Morgan fingerprint density at radius 2 is 1.94 bits per heavy atom. The average Bonchev–Trinajstić information content (AvgIpc) is 2.25. The number of esters is 1. The third-order valence-corrected chi connectivity index (χ3v) is 2.10. The highest BCUT2D eigenvalue weighted by Crippen LogP contribution is 2.19. The van der Waals surface area contributed by atoms with Crippen LogP contribution in [0.2, 0.25) is 0 Å². The first-order chi connectivity index (χ1) is 8.02. The Hall–Kier alpha value is -1.49. The van der Waals surface area contributed by atoms with Crippen molar-refractivity contribution in [1.29, 1.82) is 0 Å². The summed E-state index contributed by atoms with van der Waals surface area (Å²) in [7, 11) is 0. The molecule has 0 bridgehead atoms. The van der Waals surface area contributed by atoms with Gasteiger partial charge in [0, 0.05) is 6.07 Å². The first kappa shape index (κ1) is 13.6. The van der Waals surface area contributed by atoms with Crippen molar-refractivity contribution in [2.75, 3.05) is 6.61 Å². The van der Waals surface area contributed by atoms with Crippen molar-refractivity contribution >= 4 is 5.97 Å². The van der Waals surface area contributed by atoms with Crippen molar-refractivity contribution in [3.8, 4) is 0 Å². The highest BCUT2D eigenvalue weighted by molar-refractivity contribution is 5.70. The third-order valence-electron chi connectivity index (χ3n) is 2.10. The summed E-state index contributed by atoms with van der Waals surface area (Å²) in [5, 5.41) is 9.60. The van der Waals surface area contributed by atoms with E-state index in [2.05, 4.69) is 0 Å². The number of ether oxygens (including phenoxy) is 1. The lowest BCUT2D eigenvalue weighted by molar-refractivity contribution is -0.146. The van der Waals surface area contributed by atoms with Gasteiger partial charge in [0.1, 0.15) is 11.6 Å². The van der Waals surface area contributed by atoms with Crippen molar-refractivity contribution < 1.29 is 23.4 Å². The molecule has 0 aliphatic heterocycles. The van der Waals surface area contributed by atoms with Gasteiger partial charge >= 0.3 is 5.97 Å². The minimum atomic E-state index is -1.26. The van der Waals surface area contributed by atoms with Crippen molar-refractivity contribution in [1.82, 2.24) is 0 Å². The molecule has 0 aliphatic carbocycles. The van der Waals surface area contributed by atoms with Crippen LogP contribution in [0.1, 0.15) is 31.4 Å². The van der Waals surface area contributed by atoms with Crippen LogP contribution in [-0.4, -0.2) is 17.7 Å². The molecule has 0 heterocycles. The minimum Gasteiger partial charge on any atom is -0.466 e. The van der Waals surface area contributed by atoms with E-state index in [9.17, 15) is 18.7 Å². The normalized spacial score (nSPS) is 12.2. The fraction of sp³-hybridized carbons (Fsp3) is 0.417. The van der Waals surface area contributed by atoms with E-state index in [1.54, 1.807) is 0 Å². The van der Waals surface area contributed by atoms with E-state index < -0.39 is 23.7 Å². The number of benzene rings is 1. The summed E-state index contributed by atoms with van der Waals surface area (Å²) in [6.45, 7) is 2.11. The molecule has 5 heteroatoms. The van der Waals surface area contributed by atoms with E-state index >= 15 is 0 Å². The third kappa shape index (κ3) is 4.48. The Morgan fingerprint density at radius 1 is 1.35 bits per heavy atom. The second kappa shape index (κ2) is 6.30.